The predicted molar refractivity (Wildman–Crippen MR) is 114 cm³/mol. The van der Waals surface area contributed by atoms with Crippen molar-refractivity contribution >= 4 is 22.0 Å². The Morgan fingerprint density at radius 2 is 1.97 bits per heavy atom. The van der Waals surface area contributed by atoms with Crippen molar-refractivity contribution in [3.05, 3.63) is 29.6 Å². The molecule has 1 saturated carbocycles. The van der Waals surface area contributed by atoms with Crippen molar-refractivity contribution < 1.29 is 27.1 Å². The molecule has 1 aromatic rings. The number of sulfonamides is 1. The quantitative estimate of drug-likeness (QED) is 0.352. The van der Waals surface area contributed by atoms with Crippen LogP contribution in [0.15, 0.2) is 18.2 Å². The third-order valence-electron chi connectivity index (χ3n) is 5.44. The van der Waals surface area contributed by atoms with E-state index in [1.54, 1.807) is 19.1 Å². The molecule has 2 fully saturated rings. The Balaban J connectivity index is 1.38. The second-order valence-electron chi connectivity index (χ2n) is 8.29. The molecule has 2 aliphatic rings. The highest BCUT2D eigenvalue weighted by molar-refractivity contribution is 7.89. The first kappa shape index (κ1) is 23.5. The number of nitrogens with one attached hydrogen (secondary N) is 2. The lowest BCUT2D eigenvalue weighted by Gasteiger charge is -2.16. The summed E-state index contributed by atoms with van der Waals surface area (Å²) in [6.07, 6.45) is 4.88. The summed E-state index contributed by atoms with van der Waals surface area (Å²) >= 11 is 0. The van der Waals surface area contributed by atoms with Crippen LogP contribution in [0.1, 0.15) is 57.1 Å². The summed E-state index contributed by atoms with van der Waals surface area (Å²) in [7, 11) is -3.49. The number of hydrogen-bond donors (Lipinski definition) is 2. The molecule has 1 atom stereocenters. The molecule has 1 saturated heterocycles. The topological polar surface area (TPSA) is 105 Å². The van der Waals surface area contributed by atoms with Crippen molar-refractivity contribution in [1.82, 2.24) is 14.9 Å². The number of ether oxygens (including phenoxy) is 1. The zero-order valence-corrected chi connectivity index (χ0v) is 18.5. The normalized spacial score (nSPS) is 17.7. The van der Waals surface area contributed by atoms with Gasteiger partial charge >= 0.3 is 6.03 Å². The van der Waals surface area contributed by atoms with Crippen molar-refractivity contribution in [1.29, 1.82) is 0 Å². The summed E-state index contributed by atoms with van der Waals surface area (Å²) in [5.41, 5.74) is 0.647. The minimum Gasteiger partial charge on any atom is -0.490 e. The lowest BCUT2D eigenvalue weighted by molar-refractivity contribution is -0.118. The van der Waals surface area contributed by atoms with Gasteiger partial charge in [0.1, 0.15) is 6.54 Å². The van der Waals surface area contributed by atoms with Crippen LogP contribution in [0.2, 0.25) is 0 Å². The van der Waals surface area contributed by atoms with Crippen LogP contribution in [0.25, 0.3) is 0 Å². The Morgan fingerprint density at radius 1 is 1.23 bits per heavy atom. The van der Waals surface area contributed by atoms with Crippen LogP contribution in [-0.2, 0) is 14.8 Å². The van der Waals surface area contributed by atoms with E-state index in [2.05, 4.69) is 10.0 Å². The highest BCUT2D eigenvalue weighted by atomic mass is 32.2. The smallest absolute Gasteiger partial charge is 0.324 e. The van der Waals surface area contributed by atoms with Gasteiger partial charge in [0, 0.05) is 12.6 Å². The number of halogens is 1. The van der Waals surface area contributed by atoms with Gasteiger partial charge in [0.25, 0.3) is 0 Å². The fraction of sp³-hybridized carbons (Fsp3) is 0.619. The van der Waals surface area contributed by atoms with Gasteiger partial charge in [-0.2, -0.15) is 0 Å². The zero-order valence-electron chi connectivity index (χ0n) is 17.7. The number of hydrogen-bond acceptors (Lipinski definition) is 5. The van der Waals surface area contributed by atoms with Crippen LogP contribution in [0.4, 0.5) is 9.18 Å². The van der Waals surface area contributed by atoms with Crippen LogP contribution in [-0.4, -0.2) is 50.7 Å². The predicted octanol–water partition coefficient (Wildman–Crippen LogP) is 2.71. The van der Waals surface area contributed by atoms with E-state index in [0.29, 0.717) is 43.9 Å². The summed E-state index contributed by atoms with van der Waals surface area (Å²) < 4.78 is 46.9. The van der Waals surface area contributed by atoms with Gasteiger partial charge in [-0.05, 0) is 56.2 Å². The molecule has 0 bridgehead atoms. The number of rotatable bonds is 13. The fourth-order valence-electron chi connectivity index (χ4n) is 3.40. The van der Waals surface area contributed by atoms with Crippen molar-refractivity contribution in [2.45, 2.75) is 51.5 Å². The Morgan fingerprint density at radius 3 is 2.65 bits per heavy atom. The molecule has 8 nitrogen and oxygen atoms in total. The number of benzene rings is 1. The summed E-state index contributed by atoms with van der Waals surface area (Å²) in [5.74, 6) is -0.0983. The maximum atomic E-state index is 13.9. The molecule has 0 aromatic heterocycles. The van der Waals surface area contributed by atoms with E-state index in [0.717, 1.165) is 19.3 Å². The number of urea groups is 1. The molecule has 0 spiro atoms. The van der Waals surface area contributed by atoms with Crippen molar-refractivity contribution in [3.8, 4) is 5.75 Å². The first-order valence-electron chi connectivity index (χ1n) is 10.7. The highest BCUT2D eigenvalue weighted by Gasteiger charge is 2.26. The fourth-order valence-corrected chi connectivity index (χ4v) is 4.78. The molecule has 1 heterocycles. The molecular formula is C21H30FN3O5S. The van der Waals surface area contributed by atoms with Gasteiger partial charge in [-0.25, -0.2) is 22.3 Å². The molecule has 10 heteroatoms. The van der Waals surface area contributed by atoms with E-state index in [1.807, 2.05) is 0 Å². The molecule has 1 aliphatic carbocycles. The summed E-state index contributed by atoms with van der Waals surface area (Å²) in [4.78, 5) is 24.0. The summed E-state index contributed by atoms with van der Waals surface area (Å²) in [6, 6.07) is 3.56. The first-order chi connectivity index (χ1) is 14.7. The van der Waals surface area contributed by atoms with Crippen LogP contribution in [0, 0.1) is 11.7 Å². The van der Waals surface area contributed by atoms with E-state index in [4.69, 9.17) is 4.74 Å². The van der Waals surface area contributed by atoms with E-state index < -0.39 is 21.9 Å². The van der Waals surface area contributed by atoms with Crippen molar-refractivity contribution in [2.75, 3.05) is 25.4 Å². The third-order valence-corrected chi connectivity index (χ3v) is 6.98. The van der Waals surface area contributed by atoms with E-state index in [-0.39, 0.29) is 30.0 Å². The van der Waals surface area contributed by atoms with Gasteiger partial charge in [0.2, 0.25) is 15.9 Å². The van der Waals surface area contributed by atoms with Crippen molar-refractivity contribution in [2.24, 2.45) is 5.92 Å². The molecule has 3 amide bonds. The van der Waals surface area contributed by atoms with Gasteiger partial charge in [0.15, 0.2) is 11.6 Å². The maximum Gasteiger partial charge on any atom is 0.324 e. The molecule has 2 N–H and O–H groups in total. The lowest BCUT2D eigenvalue weighted by Crippen LogP contribution is -2.29. The van der Waals surface area contributed by atoms with Gasteiger partial charge in [0.05, 0.1) is 12.4 Å². The average Bonchev–Trinajstić information content (AvgIpc) is 3.47. The Kier molecular flexibility index (Phi) is 7.88. The number of nitrogens with zero attached hydrogens (tertiary/aromatic N) is 1. The number of imide groups is 1. The molecule has 0 radical (unpaired) electrons. The number of carbonyl (C=O) groups is 2. The minimum atomic E-state index is -3.49. The second-order valence-corrected chi connectivity index (χ2v) is 10.2. The highest BCUT2D eigenvalue weighted by Crippen LogP contribution is 2.31. The average molecular weight is 456 g/mol. The third kappa shape index (κ3) is 7.46. The van der Waals surface area contributed by atoms with Gasteiger partial charge in [-0.3, -0.25) is 10.1 Å². The summed E-state index contributed by atoms with van der Waals surface area (Å²) in [6.45, 7) is 2.78. The standard InChI is InChI=1S/C21H30FN3O5S/c1-15(17-8-9-18(22)19(12-17)30-14-16-6-7-16)24-31(28,29)11-5-3-2-4-10-25-13-20(26)23-21(25)27/h8-9,12,15-16,24H,2-7,10-11,13-14H2,1H3,(H,23,26,27)/t15-/m1/s1. The van der Waals surface area contributed by atoms with Gasteiger partial charge in [-0.1, -0.05) is 18.9 Å². The Hall–Kier alpha value is -2.20. The summed E-state index contributed by atoms with van der Waals surface area (Å²) in [5, 5.41) is 2.22. The maximum absolute atomic E-state index is 13.9. The monoisotopic (exact) mass is 455 g/mol. The van der Waals surface area contributed by atoms with E-state index in [9.17, 15) is 22.4 Å². The largest absolute Gasteiger partial charge is 0.490 e. The number of unbranched alkanes of at least 4 members (excludes halogenated alkanes) is 3. The molecule has 0 unspecified atom stereocenters. The van der Waals surface area contributed by atoms with Crippen LogP contribution < -0.4 is 14.8 Å². The molecule has 1 aliphatic heterocycles. The van der Waals surface area contributed by atoms with Crippen LogP contribution >= 0.6 is 0 Å². The number of amides is 3. The zero-order chi connectivity index (χ0) is 22.4. The van der Waals surface area contributed by atoms with E-state index >= 15 is 0 Å². The Labute approximate surface area is 182 Å². The van der Waals surface area contributed by atoms with E-state index in [1.165, 1.54) is 11.0 Å². The van der Waals surface area contributed by atoms with Gasteiger partial charge in [-0.15, -0.1) is 0 Å². The Bertz CT molecular complexity index is 904. The van der Waals surface area contributed by atoms with Gasteiger partial charge < -0.3 is 9.64 Å². The second kappa shape index (κ2) is 10.4. The molecule has 31 heavy (non-hydrogen) atoms. The molecule has 172 valence electrons. The van der Waals surface area contributed by atoms with Crippen molar-refractivity contribution in [3.63, 3.8) is 0 Å². The molecular weight excluding hydrogens is 425 g/mol. The number of carbonyl (C=O) groups excluding carboxylic acids is 2. The van der Waals surface area contributed by atoms with Crippen LogP contribution in [0.5, 0.6) is 5.75 Å². The first-order valence-corrected chi connectivity index (χ1v) is 12.4. The minimum absolute atomic E-state index is 0.00768. The lowest BCUT2D eigenvalue weighted by atomic mass is 10.1. The van der Waals surface area contributed by atoms with Crippen LogP contribution in [0.3, 0.4) is 0 Å². The molecule has 1 aromatic carbocycles. The molecule has 3 rings (SSSR count). The SMILES string of the molecule is C[C@@H](NS(=O)(=O)CCCCCCN1CC(=O)NC1=O)c1ccc(F)c(OCC2CC2)c1.